The highest BCUT2D eigenvalue weighted by Crippen LogP contribution is 2.20. The third-order valence-electron chi connectivity index (χ3n) is 2.52. The smallest absolute Gasteiger partial charge is 0.338 e. The summed E-state index contributed by atoms with van der Waals surface area (Å²) in [4.78, 5) is 11.8. The van der Waals surface area contributed by atoms with Gasteiger partial charge in [0.25, 0.3) is 0 Å². The Morgan fingerprint density at radius 1 is 1.26 bits per heavy atom. The Bertz CT molecular complexity index is 613. The van der Waals surface area contributed by atoms with E-state index in [1.807, 2.05) is 0 Å². The van der Waals surface area contributed by atoms with Gasteiger partial charge in [0, 0.05) is 0 Å². The number of ether oxygens (including phenoxy) is 1. The van der Waals surface area contributed by atoms with E-state index >= 15 is 0 Å². The molecule has 0 heterocycles. The second-order valence-electron chi connectivity index (χ2n) is 3.98. The van der Waals surface area contributed by atoms with Crippen molar-refractivity contribution in [2.45, 2.75) is 6.61 Å². The number of hydrogen-bond acceptors (Lipinski definition) is 4. The third-order valence-corrected chi connectivity index (χ3v) is 2.84. The van der Waals surface area contributed by atoms with Gasteiger partial charge in [-0.3, -0.25) is 0 Å². The molecule has 0 aromatic heterocycles. The van der Waals surface area contributed by atoms with Crippen LogP contribution in [0.3, 0.4) is 0 Å². The van der Waals surface area contributed by atoms with E-state index in [9.17, 15) is 9.90 Å². The Morgan fingerprint density at radius 3 is 2.74 bits per heavy atom. The molecule has 0 fully saturated rings. The molecule has 98 valence electrons. The zero-order valence-corrected chi connectivity index (χ0v) is 10.7. The summed E-state index contributed by atoms with van der Waals surface area (Å²) < 4.78 is 5.11. The van der Waals surface area contributed by atoms with Crippen molar-refractivity contribution in [2.24, 2.45) is 0 Å². The molecule has 4 nitrogen and oxygen atoms in total. The molecule has 0 amide bonds. The number of hydrogen-bond donors (Lipinski definition) is 2. The standard InChI is InChI=1S/C14H12ClNO3/c15-12-7-10(4-5-13(12)16)14(18)19-8-9-2-1-3-11(17)6-9/h1-7,17H,8,16H2. The van der Waals surface area contributed by atoms with Crippen LogP contribution in [-0.2, 0) is 11.3 Å². The zero-order valence-electron chi connectivity index (χ0n) is 9.97. The van der Waals surface area contributed by atoms with Gasteiger partial charge in [-0.15, -0.1) is 0 Å². The van der Waals surface area contributed by atoms with Crippen LogP contribution in [0.5, 0.6) is 5.75 Å². The van der Waals surface area contributed by atoms with Crippen molar-refractivity contribution < 1.29 is 14.6 Å². The molecule has 0 aliphatic carbocycles. The molecule has 3 N–H and O–H groups in total. The lowest BCUT2D eigenvalue weighted by Crippen LogP contribution is -2.05. The van der Waals surface area contributed by atoms with Gasteiger partial charge in [-0.05, 0) is 35.9 Å². The van der Waals surface area contributed by atoms with E-state index in [4.69, 9.17) is 22.1 Å². The molecular weight excluding hydrogens is 266 g/mol. The second kappa shape index (κ2) is 5.63. The summed E-state index contributed by atoms with van der Waals surface area (Å²) in [5.41, 5.74) is 7.00. The van der Waals surface area contributed by atoms with Crippen molar-refractivity contribution in [2.75, 3.05) is 5.73 Å². The van der Waals surface area contributed by atoms with E-state index < -0.39 is 5.97 Å². The lowest BCUT2D eigenvalue weighted by atomic mass is 10.2. The maximum atomic E-state index is 11.8. The summed E-state index contributed by atoms with van der Waals surface area (Å²) in [5.74, 6) is -0.366. The number of esters is 1. The van der Waals surface area contributed by atoms with Crippen LogP contribution in [0, 0.1) is 0 Å². The van der Waals surface area contributed by atoms with Crippen molar-refractivity contribution in [1.29, 1.82) is 0 Å². The van der Waals surface area contributed by atoms with Gasteiger partial charge >= 0.3 is 5.97 Å². The summed E-state index contributed by atoms with van der Waals surface area (Å²) in [6, 6.07) is 11.1. The van der Waals surface area contributed by atoms with Crippen molar-refractivity contribution in [1.82, 2.24) is 0 Å². The van der Waals surface area contributed by atoms with Crippen molar-refractivity contribution in [3.63, 3.8) is 0 Å². The maximum Gasteiger partial charge on any atom is 0.338 e. The quantitative estimate of drug-likeness (QED) is 0.668. The molecule has 2 rings (SSSR count). The SMILES string of the molecule is Nc1ccc(C(=O)OCc2cccc(O)c2)cc1Cl. The number of anilines is 1. The average molecular weight is 278 g/mol. The Hall–Kier alpha value is -2.20. The number of phenols is 1. The van der Waals surface area contributed by atoms with Gasteiger partial charge < -0.3 is 15.6 Å². The Labute approximate surface area is 115 Å². The molecule has 2 aromatic rings. The predicted molar refractivity (Wildman–Crippen MR) is 73.1 cm³/mol. The lowest BCUT2D eigenvalue weighted by molar-refractivity contribution is 0.0472. The number of aromatic hydroxyl groups is 1. The van der Waals surface area contributed by atoms with Crippen molar-refractivity contribution in [3.05, 3.63) is 58.6 Å². The van der Waals surface area contributed by atoms with Crippen molar-refractivity contribution >= 4 is 23.3 Å². The molecule has 0 atom stereocenters. The Morgan fingerprint density at radius 2 is 2.05 bits per heavy atom. The second-order valence-corrected chi connectivity index (χ2v) is 4.39. The number of phenolic OH excluding ortho intramolecular Hbond substituents is 1. The van der Waals surface area contributed by atoms with Crippen LogP contribution in [0.4, 0.5) is 5.69 Å². The van der Waals surface area contributed by atoms with E-state index in [1.54, 1.807) is 30.3 Å². The van der Waals surface area contributed by atoms with E-state index in [2.05, 4.69) is 0 Å². The molecule has 5 heteroatoms. The number of halogens is 1. The molecule has 0 radical (unpaired) electrons. The van der Waals surface area contributed by atoms with Crippen LogP contribution in [0.2, 0.25) is 5.02 Å². The van der Waals surface area contributed by atoms with Gasteiger partial charge in [-0.2, -0.15) is 0 Å². The van der Waals surface area contributed by atoms with Crippen LogP contribution >= 0.6 is 11.6 Å². The van der Waals surface area contributed by atoms with Gasteiger partial charge in [0.05, 0.1) is 16.3 Å². The first kappa shape index (κ1) is 13.2. The topological polar surface area (TPSA) is 72.6 Å². The largest absolute Gasteiger partial charge is 0.508 e. The summed E-state index contributed by atoms with van der Waals surface area (Å²) >= 11 is 5.83. The minimum atomic E-state index is -0.495. The molecule has 0 aliphatic rings. The van der Waals surface area contributed by atoms with Gasteiger partial charge in [0.2, 0.25) is 0 Å². The number of carbonyl (C=O) groups excluding carboxylic acids is 1. The Balaban J connectivity index is 2.03. The van der Waals surface area contributed by atoms with Gasteiger partial charge in [0.1, 0.15) is 12.4 Å². The van der Waals surface area contributed by atoms with E-state index in [-0.39, 0.29) is 12.4 Å². The number of nitrogens with two attached hydrogens (primary N) is 1. The Kier molecular flexibility index (Phi) is 3.92. The van der Waals surface area contributed by atoms with E-state index in [0.29, 0.717) is 21.8 Å². The monoisotopic (exact) mass is 277 g/mol. The van der Waals surface area contributed by atoms with Crippen molar-refractivity contribution in [3.8, 4) is 5.75 Å². The van der Waals surface area contributed by atoms with Gasteiger partial charge in [-0.25, -0.2) is 4.79 Å². The summed E-state index contributed by atoms with van der Waals surface area (Å²) in [5, 5.41) is 9.60. The molecule has 0 bridgehead atoms. The number of rotatable bonds is 3. The first-order valence-corrected chi connectivity index (χ1v) is 5.94. The van der Waals surface area contributed by atoms with Crippen LogP contribution in [0.1, 0.15) is 15.9 Å². The third kappa shape index (κ3) is 3.39. The number of carbonyl (C=O) groups is 1. The number of nitrogen functional groups attached to an aromatic ring is 1. The molecule has 19 heavy (non-hydrogen) atoms. The molecule has 0 spiro atoms. The van der Waals surface area contributed by atoms with Crippen LogP contribution in [0.15, 0.2) is 42.5 Å². The van der Waals surface area contributed by atoms with Crippen LogP contribution in [-0.4, -0.2) is 11.1 Å². The first-order chi connectivity index (χ1) is 9.06. The average Bonchev–Trinajstić information content (AvgIpc) is 2.39. The first-order valence-electron chi connectivity index (χ1n) is 5.56. The fraction of sp³-hybridized carbons (Fsp3) is 0.0714. The van der Waals surface area contributed by atoms with Crippen LogP contribution < -0.4 is 5.73 Å². The fourth-order valence-corrected chi connectivity index (χ4v) is 1.71. The van der Waals surface area contributed by atoms with Gasteiger partial charge in [-0.1, -0.05) is 23.7 Å². The molecule has 0 aliphatic heterocycles. The molecular formula is C14H12ClNO3. The minimum absolute atomic E-state index is 0.0786. The molecule has 0 saturated carbocycles. The van der Waals surface area contributed by atoms with Gasteiger partial charge in [0.15, 0.2) is 0 Å². The van der Waals surface area contributed by atoms with E-state index in [1.165, 1.54) is 12.1 Å². The van der Waals surface area contributed by atoms with E-state index in [0.717, 1.165) is 0 Å². The molecule has 0 unspecified atom stereocenters. The minimum Gasteiger partial charge on any atom is -0.508 e. The summed E-state index contributed by atoms with van der Waals surface area (Å²) in [6.45, 7) is 0.0786. The lowest BCUT2D eigenvalue weighted by Gasteiger charge is -2.06. The highest BCUT2D eigenvalue weighted by Gasteiger charge is 2.09. The fourth-order valence-electron chi connectivity index (χ4n) is 1.53. The molecule has 0 saturated heterocycles. The maximum absolute atomic E-state index is 11.8. The normalized spacial score (nSPS) is 10.2. The van der Waals surface area contributed by atoms with Crippen LogP contribution in [0.25, 0.3) is 0 Å². The summed E-state index contributed by atoms with van der Waals surface area (Å²) in [6.07, 6.45) is 0. The highest BCUT2D eigenvalue weighted by molar-refractivity contribution is 6.33. The summed E-state index contributed by atoms with van der Waals surface area (Å²) in [7, 11) is 0. The zero-order chi connectivity index (χ0) is 13.8. The highest BCUT2D eigenvalue weighted by atomic mass is 35.5. The predicted octanol–water partition coefficient (Wildman–Crippen LogP) is 2.98. The molecule has 2 aromatic carbocycles. The number of benzene rings is 2.